The van der Waals surface area contributed by atoms with Gasteiger partial charge >= 0.3 is 5.69 Å². The molecule has 0 saturated carbocycles. The van der Waals surface area contributed by atoms with Crippen molar-refractivity contribution in [2.45, 2.75) is 24.8 Å². The minimum Gasteiger partial charge on any atom is -0.356 e. The highest BCUT2D eigenvalue weighted by Crippen LogP contribution is 2.30. The number of aromatic amines is 2. The number of aromatic nitrogens is 2. The first kappa shape index (κ1) is 16.4. The van der Waals surface area contributed by atoms with Crippen molar-refractivity contribution in [2.75, 3.05) is 33.2 Å². The molecule has 24 heavy (non-hydrogen) atoms. The van der Waals surface area contributed by atoms with Gasteiger partial charge in [-0.05, 0) is 19.9 Å². The van der Waals surface area contributed by atoms with Crippen LogP contribution in [-0.4, -0.2) is 70.3 Å². The molecule has 9 nitrogen and oxygen atoms in total. The maximum atomic E-state index is 12.7. The molecule has 0 unspecified atom stereocenters. The van der Waals surface area contributed by atoms with E-state index in [1.54, 1.807) is 4.90 Å². The van der Waals surface area contributed by atoms with Crippen LogP contribution in [0.15, 0.2) is 15.8 Å². The molecule has 0 bridgehead atoms. The summed E-state index contributed by atoms with van der Waals surface area (Å²) in [6.45, 7) is 2.19. The molecule has 1 spiro atoms. The first-order chi connectivity index (χ1) is 11.4. The topological polar surface area (TPSA) is 118 Å². The third-order valence-corrected chi connectivity index (χ3v) is 5.07. The molecule has 1 atom stereocenters. The van der Waals surface area contributed by atoms with E-state index in [1.165, 1.54) is 0 Å². The van der Waals surface area contributed by atoms with Gasteiger partial charge in [-0.1, -0.05) is 0 Å². The summed E-state index contributed by atoms with van der Waals surface area (Å²) < 4.78 is 0. The zero-order chi connectivity index (χ0) is 17.3. The fraction of sp³-hybridized carbons (Fsp3) is 0.600. The van der Waals surface area contributed by atoms with Crippen LogP contribution in [0.1, 0.15) is 29.6 Å². The van der Waals surface area contributed by atoms with Gasteiger partial charge < -0.3 is 15.2 Å². The van der Waals surface area contributed by atoms with Crippen LogP contribution in [0.4, 0.5) is 0 Å². The molecule has 2 aliphatic heterocycles. The average Bonchev–Trinajstić information content (AvgIpc) is 2.72. The predicted molar refractivity (Wildman–Crippen MR) is 85.8 cm³/mol. The van der Waals surface area contributed by atoms with Gasteiger partial charge in [0.1, 0.15) is 5.56 Å². The van der Waals surface area contributed by atoms with Crippen molar-refractivity contribution in [2.24, 2.45) is 0 Å². The van der Waals surface area contributed by atoms with Crippen molar-refractivity contribution in [1.29, 1.82) is 0 Å². The molecule has 1 aromatic rings. The van der Waals surface area contributed by atoms with Gasteiger partial charge in [0, 0.05) is 44.3 Å². The monoisotopic (exact) mass is 335 g/mol. The molecular formula is C15H21N5O4. The van der Waals surface area contributed by atoms with E-state index in [9.17, 15) is 19.2 Å². The summed E-state index contributed by atoms with van der Waals surface area (Å²) in [6.07, 6.45) is 3.00. The number of rotatable bonds is 1. The Morgan fingerprint density at radius 1 is 1.21 bits per heavy atom. The van der Waals surface area contributed by atoms with E-state index in [4.69, 9.17) is 0 Å². The van der Waals surface area contributed by atoms with E-state index in [1.807, 2.05) is 7.05 Å². The van der Waals surface area contributed by atoms with Gasteiger partial charge in [0.2, 0.25) is 5.91 Å². The normalized spacial score (nSPS) is 25.4. The van der Waals surface area contributed by atoms with Gasteiger partial charge in [-0.2, -0.15) is 0 Å². The summed E-state index contributed by atoms with van der Waals surface area (Å²) >= 11 is 0. The molecule has 0 radical (unpaired) electrons. The van der Waals surface area contributed by atoms with Crippen molar-refractivity contribution in [3.8, 4) is 0 Å². The Hall–Kier alpha value is -2.42. The minimum absolute atomic E-state index is 0.0285. The van der Waals surface area contributed by atoms with Gasteiger partial charge in [-0.3, -0.25) is 24.3 Å². The Morgan fingerprint density at radius 3 is 2.75 bits per heavy atom. The number of H-pyrrole nitrogens is 2. The smallest absolute Gasteiger partial charge is 0.325 e. The number of amides is 2. The highest BCUT2D eigenvalue weighted by Gasteiger charge is 2.42. The number of likely N-dealkylation sites (N-methyl/N-ethyl adjacent to an activating group) is 1. The molecule has 3 rings (SSSR count). The van der Waals surface area contributed by atoms with Crippen LogP contribution in [0.25, 0.3) is 0 Å². The quantitative estimate of drug-likeness (QED) is 0.577. The van der Waals surface area contributed by atoms with E-state index in [-0.39, 0.29) is 17.0 Å². The second kappa shape index (κ2) is 6.23. The Kier molecular flexibility index (Phi) is 4.27. The molecule has 0 aromatic carbocycles. The lowest BCUT2D eigenvalue weighted by atomic mass is 9.86. The molecule has 2 fully saturated rings. The first-order valence-electron chi connectivity index (χ1n) is 8.00. The largest absolute Gasteiger partial charge is 0.356 e. The lowest BCUT2D eigenvalue weighted by Crippen LogP contribution is -2.62. The maximum Gasteiger partial charge on any atom is 0.325 e. The molecule has 3 N–H and O–H groups in total. The number of hydrogen-bond donors (Lipinski definition) is 3. The number of carbonyl (C=O) groups excluding carboxylic acids is 2. The SMILES string of the molecule is CN1CCN(C(=O)c2c[nH]c(=O)[nH]c2=O)C[C@@]12CCNC(=O)CC2. The van der Waals surface area contributed by atoms with Crippen molar-refractivity contribution in [3.05, 3.63) is 32.6 Å². The van der Waals surface area contributed by atoms with Crippen LogP contribution in [0, 0.1) is 0 Å². The number of carbonyl (C=O) groups is 2. The summed E-state index contributed by atoms with van der Waals surface area (Å²) in [5.41, 5.74) is -1.67. The Labute approximate surface area is 138 Å². The van der Waals surface area contributed by atoms with Gasteiger partial charge in [0.25, 0.3) is 11.5 Å². The minimum atomic E-state index is -0.686. The van der Waals surface area contributed by atoms with E-state index >= 15 is 0 Å². The molecule has 0 aliphatic carbocycles. The molecule has 1 aromatic heterocycles. The zero-order valence-electron chi connectivity index (χ0n) is 13.6. The molecule has 9 heteroatoms. The fourth-order valence-electron chi connectivity index (χ4n) is 3.51. The summed E-state index contributed by atoms with van der Waals surface area (Å²) in [4.78, 5) is 55.6. The van der Waals surface area contributed by atoms with Crippen LogP contribution in [0.5, 0.6) is 0 Å². The van der Waals surface area contributed by atoms with Gasteiger partial charge in [0.05, 0.1) is 0 Å². The number of hydrogen-bond acceptors (Lipinski definition) is 5. The van der Waals surface area contributed by atoms with E-state index in [0.29, 0.717) is 39.0 Å². The second-order valence-electron chi connectivity index (χ2n) is 6.46. The van der Waals surface area contributed by atoms with Crippen LogP contribution >= 0.6 is 0 Å². The van der Waals surface area contributed by atoms with Crippen molar-refractivity contribution in [3.63, 3.8) is 0 Å². The molecular weight excluding hydrogens is 314 g/mol. The standard InChI is InChI=1S/C15H21N5O4/c1-19-6-7-20(9-15(19)3-2-11(21)16-5-4-15)13(23)10-8-17-14(24)18-12(10)22/h8H,2-7,9H2,1H3,(H,16,21)(H2,17,18,22,24)/t15-/m1/s1. The summed E-state index contributed by atoms with van der Waals surface area (Å²) in [5, 5.41) is 2.86. The zero-order valence-corrected chi connectivity index (χ0v) is 13.6. The lowest BCUT2D eigenvalue weighted by Gasteiger charge is -2.49. The van der Waals surface area contributed by atoms with Crippen molar-refractivity contribution in [1.82, 2.24) is 25.1 Å². The highest BCUT2D eigenvalue weighted by atomic mass is 16.2. The van der Waals surface area contributed by atoms with Crippen molar-refractivity contribution < 1.29 is 9.59 Å². The maximum absolute atomic E-state index is 12.7. The van der Waals surface area contributed by atoms with Gasteiger partial charge in [-0.25, -0.2) is 4.79 Å². The Bertz CT molecular complexity index is 770. The van der Waals surface area contributed by atoms with Gasteiger partial charge in [-0.15, -0.1) is 0 Å². The number of piperazine rings is 1. The average molecular weight is 335 g/mol. The Morgan fingerprint density at radius 2 is 2.00 bits per heavy atom. The third kappa shape index (κ3) is 2.99. The van der Waals surface area contributed by atoms with Crippen LogP contribution < -0.4 is 16.6 Å². The van der Waals surface area contributed by atoms with Crippen molar-refractivity contribution >= 4 is 11.8 Å². The second-order valence-corrected chi connectivity index (χ2v) is 6.46. The summed E-state index contributed by atoms with van der Waals surface area (Å²) in [7, 11) is 2.00. The summed E-state index contributed by atoms with van der Waals surface area (Å²) in [5.74, 6) is -0.371. The van der Waals surface area contributed by atoms with Crippen LogP contribution in [-0.2, 0) is 4.79 Å². The van der Waals surface area contributed by atoms with Crippen LogP contribution in [0.3, 0.4) is 0 Å². The predicted octanol–water partition coefficient (Wildman–Crippen LogP) is -1.51. The molecule has 2 saturated heterocycles. The van der Waals surface area contributed by atoms with E-state index < -0.39 is 17.2 Å². The number of nitrogens with one attached hydrogen (secondary N) is 3. The summed E-state index contributed by atoms with van der Waals surface area (Å²) in [6, 6.07) is 0. The highest BCUT2D eigenvalue weighted by molar-refractivity contribution is 5.93. The van der Waals surface area contributed by atoms with E-state index in [2.05, 4.69) is 20.2 Å². The lowest BCUT2D eigenvalue weighted by molar-refractivity contribution is -0.121. The molecule has 2 aliphatic rings. The molecule has 3 heterocycles. The molecule has 2 amide bonds. The first-order valence-corrected chi connectivity index (χ1v) is 8.00. The van der Waals surface area contributed by atoms with E-state index in [0.717, 1.165) is 12.6 Å². The third-order valence-electron chi connectivity index (χ3n) is 5.07. The fourth-order valence-corrected chi connectivity index (χ4v) is 3.51. The molecule has 130 valence electrons. The van der Waals surface area contributed by atoms with Crippen LogP contribution in [0.2, 0.25) is 0 Å². The Balaban J connectivity index is 1.84. The number of nitrogens with zero attached hydrogens (tertiary/aromatic N) is 2. The van der Waals surface area contributed by atoms with Gasteiger partial charge in [0.15, 0.2) is 0 Å².